The third-order valence-corrected chi connectivity index (χ3v) is 6.63. The first kappa shape index (κ1) is 17.4. The van der Waals surface area contributed by atoms with Crippen molar-refractivity contribution in [2.45, 2.75) is 31.8 Å². The maximum absolute atomic E-state index is 12.0. The average molecular weight is 372 g/mol. The van der Waals surface area contributed by atoms with Gasteiger partial charge >= 0.3 is 0 Å². The van der Waals surface area contributed by atoms with Crippen LogP contribution in [0.1, 0.15) is 32.5 Å². The molecule has 6 heteroatoms. The zero-order chi connectivity index (χ0) is 18.4. The van der Waals surface area contributed by atoms with Crippen LogP contribution >= 0.6 is 11.3 Å². The summed E-state index contributed by atoms with van der Waals surface area (Å²) >= 11 is 1.76. The lowest BCUT2D eigenvalue weighted by molar-refractivity contribution is -0.127. The number of nitrogens with zero attached hydrogens (tertiary/aromatic N) is 2. The van der Waals surface area contributed by atoms with Gasteiger partial charge in [-0.1, -0.05) is 0 Å². The Balaban J connectivity index is 1.62. The summed E-state index contributed by atoms with van der Waals surface area (Å²) < 4.78 is 5.27. The number of likely N-dealkylation sites (N-methyl/N-ethyl adjacent to an activating group) is 1. The first-order valence-electron chi connectivity index (χ1n) is 8.90. The highest BCUT2D eigenvalue weighted by molar-refractivity contribution is 7.12. The van der Waals surface area contributed by atoms with Gasteiger partial charge < -0.3 is 14.7 Å². The van der Waals surface area contributed by atoms with E-state index in [0.717, 1.165) is 30.8 Å². The van der Waals surface area contributed by atoms with Gasteiger partial charge in [-0.3, -0.25) is 9.69 Å². The summed E-state index contributed by atoms with van der Waals surface area (Å²) in [5.41, 5.74) is 3.83. The molecule has 2 aliphatic heterocycles. The molecule has 0 unspecified atom stereocenters. The number of hydrogen-bond donors (Lipinski definition) is 1. The second kappa shape index (κ2) is 6.59. The molecule has 1 atom stereocenters. The Morgan fingerprint density at radius 1 is 1.35 bits per heavy atom. The lowest BCUT2D eigenvalue weighted by Gasteiger charge is -2.40. The summed E-state index contributed by atoms with van der Waals surface area (Å²) in [6, 6.07) is 6.35. The van der Waals surface area contributed by atoms with Crippen LogP contribution in [0, 0.1) is 0 Å². The summed E-state index contributed by atoms with van der Waals surface area (Å²) in [7, 11) is 5.19. The zero-order valence-electron chi connectivity index (χ0n) is 15.4. The summed E-state index contributed by atoms with van der Waals surface area (Å²) in [6.45, 7) is 1.92. The quantitative estimate of drug-likeness (QED) is 0.900. The number of amides is 1. The summed E-state index contributed by atoms with van der Waals surface area (Å²) in [5, 5.41) is 10.2. The molecule has 5 nitrogen and oxygen atoms in total. The number of benzene rings is 1. The predicted molar refractivity (Wildman–Crippen MR) is 102 cm³/mol. The Morgan fingerprint density at radius 2 is 2.15 bits per heavy atom. The molecule has 1 N–H and O–H groups in total. The topological polar surface area (TPSA) is 53.0 Å². The van der Waals surface area contributed by atoms with E-state index >= 15 is 0 Å². The molecule has 2 aliphatic rings. The summed E-state index contributed by atoms with van der Waals surface area (Å²) in [5.74, 6) is 0.903. The number of methoxy groups -OCH3 is 1. The number of hydrogen-bond acceptors (Lipinski definition) is 5. The van der Waals surface area contributed by atoms with Crippen LogP contribution in [0.5, 0.6) is 11.5 Å². The van der Waals surface area contributed by atoms with E-state index in [1.165, 1.54) is 21.6 Å². The number of carbonyl (C=O) groups is 1. The Hall–Kier alpha value is -2.05. The van der Waals surface area contributed by atoms with E-state index in [4.69, 9.17) is 4.74 Å². The Labute approximate surface area is 157 Å². The number of phenolic OH excluding ortho intramolecular Hbond substituents is 1. The summed E-state index contributed by atoms with van der Waals surface area (Å²) in [4.78, 5) is 18.7. The van der Waals surface area contributed by atoms with Gasteiger partial charge in [0.1, 0.15) is 0 Å². The van der Waals surface area contributed by atoms with Crippen molar-refractivity contribution in [3.8, 4) is 11.5 Å². The van der Waals surface area contributed by atoms with Crippen LogP contribution in [0.4, 0.5) is 0 Å². The van der Waals surface area contributed by atoms with E-state index in [0.29, 0.717) is 18.2 Å². The number of carbonyl (C=O) groups excluding carboxylic acids is 1. The standard InChI is InChI=1S/C20H24N2O3S/c1-21(2)20(24)8-14-6-13-11-22-5-4-12-7-18(25-3)17(23)9-15(12)16(22)10-19(13)26-14/h6-7,9,16,23H,4-5,8,10-11H2,1-3H3/t16-/m0/s1. The van der Waals surface area contributed by atoms with Crippen LogP contribution in [-0.2, 0) is 30.6 Å². The highest BCUT2D eigenvalue weighted by atomic mass is 32.1. The number of aromatic hydroxyl groups is 1. The number of fused-ring (bicyclic) bond motifs is 4. The van der Waals surface area contributed by atoms with Crippen molar-refractivity contribution in [2.24, 2.45) is 0 Å². The molecule has 138 valence electrons. The number of rotatable bonds is 3. The van der Waals surface area contributed by atoms with Gasteiger partial charge in [0.25, 0.3) is 0 Å². The maximum Gasteiger partial charge on any atom is 0.227 e. The fourth-order valence-corrected chi connectivity index (χ4v) is 5.19. The highest BCUT2D eigenvalue weighted by Gasteiger charge is 2.34. The first-order valence-corrected chi connectivity index (χ1v) is 9.72. The van der Waals surface area contributed by atoms with E-state index in [2.05, 4.69) is 11.0 Å². The second-order valence-corrected chi connectivity index (χ2v) is 8.51. The number of thiophene rings is 1. The molecule has 1 aromatic heterocycles. The van der Waals surface area contributed by atoms with Crippen LogP contribution < -0.4 is 4.74 Å². The lowest BCUT2D eigenvalue weighted by Crippen LogP contribution is -2.38. The third kappa shape index (κ3) is 2.97. The smallest absolute Gasteiger partial charge is 0.227 e. The summed E-state index contributed by atoms with van der Waals surface area (Å²) in [6.07, 6.45) is 2.38. The predicted octanol–water partition coefficient (Wildman–Crippen LogP) is 2.75. The first-order chi connectivity index (χ1) is 12.5. The SMILES string of the molecule is COc1cc2c(cc1O)[C@@H]1Cc3sc(CC(=O)N(C)C)cc3CN1CC2. The maximum atomic E-state index is 12.0. The molecule has 3 heterocycles. The molecule has 0 bridgehead atoms. The van der Waals surface area contributed by atoms with Crippen molar-refractivity contribution >= 4 is 17.2 Å². The van der Waals surface area contributed by atoms with E-state index in [1.807, 2.05) is 12.1 Å². The Bertz CT molecular complexity index is 859. The average Bonchev–Trinajstić information content (AvgIpc) is 3.00. The fourth-order valence-electron chi connectivity index (χ4n) is 3.99. The molecular weight excluding hydrogens is 348 g/mol. The van der Waals surface area contributed by atoms with Crippen molar-refractivity contribution in [2.75, 3.05) is 27.7 Å². The molecule has 0 saturated carbocycles. The molecule has 0 spiro atoms. The van der Waals surface area contributed by atoms with Crippen molar-refractivity contribution in [1.82, 2.24) is 9.80 Å². The van der Waals surface area contributed by atoms with Gasteiger partial charge in [-0.25, -0.2) is 0 Å². The van der Waals surface area contributed by atoms with Gasteiger partial charge in [0, 0.05) is 49.4 Å². The molecule has 4 rings (SSSR count). The van der Waals surface area contributed by atoms with Crippen molar-refractivity contribution in [3.63, 3.8) is 0 Å². The van der Waals surface area contributed by atoms with E-state index < -0.39 is 0 Å². The molecule has 26 heavy (non-hydrogen) atoms. The molecule has 1 amide bonds. The minimum Gasteiger partial charge on any atom is -0.504 e. The minimum absolute atomic E-state index is 0.142. The van der Waals surface area contributed by atoms with Crippen molar-refractivity contribution in [1.29, 1.82) is 0 Å². The van der Waals surface area contributed by atoms with Crippen molar-refractivity contribution in [3.05, 3.63) is 44.6 Å². The monoisotopic (exact) mass is 372 g/mol. The van der Waals surface area contributed by atoms with Crippen molar-refractivity contribution < 1.29 is 14.6 Å². The Morgan fingerprint density at radius 3 is 2.88 bits per heavy atom. The number of ether oxygens (including phenoxy) is 1. The number of phenols is 1. The second-order valence-electron chi connectivity index (χ2n) is 7.29. The molecule has 2 aromatic rings. The van der Waals surface area contributed by atoms with E-state index in [-0.39, 0.29) is 11.7 Å². The van der Waals surface area contributed by atoms with Crippen LogP contribution in [0.3, 0.4) is 0 Å². The molecular formula is C20H24N2O3S. The molecule has 0 aliphatic carbocycles. The van der Waals surface area contributed by atoms with Gasteiger partial charge in [-0.05, 0) is 41.3 Å². The lowest BCUT2D eigenvalue weighted by atomic mass is 9.86. The van der Waals surface area contributed by atoms with Gasteiger partial charge in [-0.2, -0.15) is 0 Å². The molecule has 0 saturated heterocycles. The zero-order valence-corrected chi connectivity index (χ0v) is 16.2. The van der Waals surface area contributed by atoms with E-state index in [1.54, 1.807) is 37.4 Å². The molecule has 0 fully saturated rings. The van der Waals surface area contributed by atoms with Gasteiger partial charge in [0.05, 0.1) is 13.5 Å². The van der Waals surface area contributed by atoms with Gasteiger partial charge in [0.2, 0.25) is 5.91 Å². The van der Waals surface area contributed by atoms with E-state index in [9.17, 15) is 9.90 Å². The molecule has 0 radical (unpaired) electrons. The highest BCUT2D eigenvalue weighted by Crippen LogP contribution is 2.43. The molecule has 1 aromatic carbocycles. The van der Waals surface area contributed by atoms with Crippen LogP contribution in [-0.4, -0.2) is 48.6 Å². The van der Waals surface area contributed by atoms with Crippen LogP contribution in [0.25, 0.3) is 0 Å². The fraction of sp³-hybridized carbons (Fsp3) is 0.450. The third-order valence-electron chi connectivity index (χ3n) is 5.43. The minimum atomic E-state index is 0.142. The van der Waals surface area contributed by atoms with Gasteiger partial charge in [-0.15, -0.1) is 11.3 Å². The normalized spacial score (nSPS) is 18.7. The van der Waals surface area contributed by atoms with Crippen LogP contribution in [0.15, 0.2) is 18.2 Å². The largest absolute Gasteiger partial charge is 0.504 e. The Kier molecular flexibility index (Phi) is 4.40. The van der Waals surface area contributed by atoms with Gasteiger partial charge in [0.15, 0.2) is 11.5 Å². The van der Waals surface area contributed by atoms with Crippen LogP contribution in [0.2, 0.25) is 0 Å².